The molecule has 1 heterocycles. The van der Waals surface area contributed by atoms with Crippen LogP contribution in [-0.2, 0) is 11.2 Å². The predicted octanol–water partition coefficient (Wildman–Crippen LogP) is 4.32. The molecular formula is C27H23FN2O5. The number of nitrogens with zero attached hydrogens (tertiary/aromatic N) is 1. The highest BCUT2D eigenvalue weighted by Gasteiger charge is 2.24. The SMILES string of the molecule is O=C(N[C@H](Cc1ccc(-c2ccccc2)cc1)C[C@@H](O)C(=O)O)c1cc(-c2ccccc2F)no1. The molecule has 1 aromatic heterocycles. The molecule has 7 nitrogen and oxygen atoms in total. The Balaban J connectivity index is 1.49. The van der Waals surface area contributed by atoms with Crippen LogP contribution in [0, 0.1) is 5.82 Å². The van der Waals surface area contributed by atoms with E-state index < -0.39 is 29.8 Å². The number of hydrogen-bond donors (Lipinski definition) is 3. The van der Waals surface area contributed by atoms with E-state index in [1.54, 1.807) is 6.07 Å². The minimum absolute atomic E-state index is 0.155. The fourth-order valence-corrected chi connectivity index (χ4v) is 3.75. The number of aliphatic carboxylic acids is 1. The van der Waals surface area contributed by atoms with Crippen molar-refractivity contribution in [3.05, 3.63) is 102 Å². The third-order valence-electron chi connectivity index (χ3n) is 5.55. The maximum absolute atomic E-state index is 14.0. The molecule has 4 rings (SSSR count). The maximum Gasteiger partial charge on any atom is 0.332 e. The molecule has 0 radical (unpaired) electrons. The van der Waals surface area contributed by atoms with Crippen molar-refractivity contribution >= 4 is 11.9 Å². The van der Waals surface area contributed by atoms with Gasteiger partial charge in [0.1, 0.15) is 11.5 Å². The van der Waals surface area contributed by atoms with Gasteiger partial charge in [-0.2, -0.15) is 0 Å². The number of carbonyl (C=O) groups excluding carboxylic acids is 1. The van der Waals surface area contributed by atoms with Gasteiger partial charge >= 0.3 is 5.97 Å². The third kappa shape index (κ3) is 5.99. The molecule has 0 saturated carbocycles. The molecule has 0 aliphatic heterocycles. The molecule has 0 unspecified atom stereocenters. The van der Waals surface area contributed by atoms with Crippen molar-refractivity contribution < 1.29 is 28.7 Å². The molecule has 0 aliphatic carbocycles. The van der Waals surface area contributed by atoms with Crippen LogP contribution >= 0.6 is 0 Å². The lowest BCUT2D eigenvalue weighted by molar-refractivity contribution is -0.147. The molecule has 3 N–H and O–H groups in total. The van der Waals surface area contributed by atoms with E-state index in [4.69, 9.17) is 9.63 Å². The van der Waals surface area contributed by atoms with Crippen molar-refractivity contribution in [1.29, 1.82) is 0 Å². The zero-order valence-electron chi connectivity index (χ0n) is 18.6. The van der Waals surface area contributed by atoms with Crippen molar-refractivity contribution in [2.45, 2.75) is 25.0 Å². The molecule has 35 heavy (non-hydrogen) atoms. The Labute approximate surface area is 200 Å². The second-order valence-electron chi connectivity index (χ2n) is 8.08. The maximum atomic E-state index is 14.0. The topological polar surface area (TPSA) is 113 Å². The second-order valence-corrected chi connectivity index (χ2v) is 8.08. The largest absolute Gasteiger partial charge is 0.479 e. The fraction of sp³-hybridized carbons (Fsp3) is 0.148. The van der Waals surface area contributed by atoms with Crippen LogP contribution in [0.25, 0.3) is 22.4 Å². The highest BCUT2D eigenvalue weighted by atomic mass is 19.1. The number of benzene rings is 3. The summed E-state index contributed by atoms with van der Waals surface area (Å²) in [5.74, 6) is -2.69. The lowest BCUT2D eigenvalue weighted by Crippen LogP contribution is -2.40. The summed E-state index contributed by atoms with van der Waals surface area (Å²) in [6.45, 7) is 0. The molecule has 0 bridgehead atoms. The normalized spacial score (nSPS) is 12.6. The minimum Gasteiger partial charge on any atom is -0.479 e. The van der Waals surface area contributed by atoms with E-state index in [-0.39, 0.29) is 29.9 Å². The number of nitrogens with one attached hydrogen (secondary N) is 1. The first-order valence-corrected chi connectivity index (χ1v) is 11.0. The number of aliphatic hydroxyl groups is 1. The van der Waals surface area contributed by atoms with Gasteiger partial charge in [0, 0.05) is 24.1 Å². The van der Waals surface area contributed by atoms with Gasteiger partial charge < -0.3 is 20.1 Å². The molecule has 1 amide bonds. The molecule has 4 aromatic rings. The number of aliphatic hydroxyl groups excluding tert-OH is 1. The molecule has 0 aliphatic rings. The molecule has 178 valence electrons. The first-order chi connectivity index (χ1) is 16.9. The van der Waals surface area contributed by atoms with Gasteiger partial charge in [-0.05, 0) is 35.2 Å². The van der Waals surface area contributed by atoms with E-state index in [9.17, 15) is 19.1 Å². The number of amides is 1. The van der Waals surface area contributed by atoms with Gasteiger partial charge in [0.2, 0.25) is 5.76 Å². The first kappa shape index (κ1) is 23.8. The zero-order chi connectivity index (χ0) is 24.8. The Morgan fingerprint density at radius 1 is 0.943 bits per heavy atom. The zero-order valence-corrected chi connectivity index (χ0v) is 18.6. The van der Waals surface area contributed by atoms with E-state index in [0.29, 0.717) is 0 Å². The molecule has 0 spiro atoms. The summed E-state index contributed by atoms with van der Waals surface area (Å²) >= 11 is 0. The van der Waals surface area contributed by atoms with E-state index in [0.717, 1.165) is 16.7 Å². The van der Waals surface area contributed by atoms with Crippen LogP contribution in [0.1, 0.15) is 22.5 Å². The first-order valence-electron chi connectivity index (χ1n) is 11.0. The van der Waals surface area contributed by atoms with Gasteiger partial charge in [0.05, 0.1) is 0 Å². The van der Waals surface area contributed by atoms with Gasteiger partial charge in [-0.1, -0.05) is 71.9 Å². The van der Waals surface area contributed by atoms with E-state index >= 15 is 0 Å². The summed E-state index contributed by atoms with van der Waals surface area (Å²) < 4.78 is 19.1. The molecule has 3 aromatic carbocycles. The second kappa shape index (κ2) is 10.8. The lowest BCUT2D eigenvalue weighted by atomic mass is 9.97. The van der Waals surface area contributed by atoms with Crippen molar-refractivity contribution in [2.24, 2.45) is 0 Å². The van der Waals surface area contributed by atoms with Crippen LogP contribution in [0.5, 0.6) is 0 Å². The average molecular weight is 474 g/mol. The highest BCUT2D eigenvalue weighted by molar-refractivity contribution is 5.92. The fourth-order valence-electron chi connectivity index (χ4n) is 3.75. The number of hydrogen-bond acceptors (Lipinski definition) is 5. The Morgan fingerprint density at radius 3 is 2.29 bits per heavy atom. The van der Waals surface area contributed by atoms with Crippen LogP contribution in [0.2, 0.25) is 0 Å². The smallest absolute Gasteiger partial charge is 0.332 e. The van der Waals surface area contributed by atoms with Gasteiger partial charge in [0.15, 0.2) is 6.10 Å². The highest BCUT2D eigenvalue weighted by Crippen LogP contribution is 2.23. The van der Waals surface area contributed by atoms with Crippen LogP contribution in [-0.4, -0.2) is 39.4 Å². The van der Waals surface area contributed by atoms with Crippen LogP contribution < -0.4 is 5.32 Å². The number of rotatable bonds is 9. The number of aromatic nitrogens is 1. The molecule has 2 atom stereocenters. The summed E-state index contributed by atoms with van der Waals surface area (Å²) in [5, 5.41) is 25.5. The monoisotopic (exact) mass is 474 g/mol. The van der Waals surface area contributed by atoms with Gasteiger partial charge in [-0.15, -0.1) is 0 Å². The summed E-state index contributed by atoms with van der Waals surface area (Å²) in [4.78, 5) is 24.0. The standard InChI is InChI=1S/C27H23FN2O5/c28-22-9-5-4-8-21(22)23-16-25(35-30-23)26(32)29-20(15-24(31)27(33)34)14-17-10-12-19(13-11-17)18-6-2-1-3-7-18/h1-13,16,20,24,31H,14-15H2,(H,29,32)(H,33,34)/t20-,24-/m1/s1. The van der Waals surface area contributed by atoms with Gasteiger partial charge in [-0.3, -0.25) is 4.79 Å². The summed E-state index contributed by atoms with van der Waals surface area (Å²) in [6, 6.07) is 24.0. The molecular weight excluding hydrogens is 451 g/mol. The molecule has 8 heteroatoms. The Morgan fingerprint density at radius 2 is 1.60 bits per heavy atom. The van der Waals surface area contributed by atoms with Gasteiger partial charge in [0.25, 0.3) is 5.91 Å². The minimum atomic E-state index is -1.66. The van der Waals surface area contributed by atoms with Crippen molar-refractivity contribution in [2.75, 3.05) is 0 Å². The Hall–Kier alpha value is -4.30. The van der Waals surface area contributed by atoms with E-state index in [2.05, 4.69) is 10.5 Å². The van der Waals surface area contributed by atoms with Crippen molar-refractivity contribution in [3.8, 4) is 22.4 Å². The Bertz CT molecular complexity index is 1300. The van der Waals surface area contributed by atoms with Crippen LogP contribution in [0.3, 0.4) is 0 Å². The number of halogens is 1. The number of carboxylic acids is 1. The quantitative estimate of drug-likeness (QED) is 0.333. The summed E-state index contributed by atoms with van der Waals surface area (Å²) in [5.41, 5.74) is 3.26. The number of carbonyl (C=O) groups is 2. The van der Waals surface area contributed by atoms with E-state index in [1.165, 1.54) is 24.3 Å². The van der Waals surface area contributed by atoms with Crippen molar-refractivity contribution in [1.82, 2.24) is 10.5 Å². The van der Waals surface area contributed by atoms with Crippen molar-refractivity contribution in [3.63, 3.8) is 0 Å². The third-order valence-corrected chi connectivity index (χ3v) is 5.55. The average Bonchev–Trinajstić information content (AvgIpc) is 3.35. The summed E-state index contributed by atoms with van der Waals surface area (Å²) in [6.07, 6.45) is -1.59. The number of carboxylic acid groups (broad SMARTS) is 1. The van der Waals surface area contributed by atoms with E-state index in [1.807, 2.05) is 54.6 Å². The lowest BCUT2D eigenvalue weighted by Gasteiger charge is -2.20. The molecule has 0 saturated heterocycles. The Kier molecular flexibility index (Phi) is 7.32. The van der Waals surface area contributed by atoms with Crippen LogP contribution in [0.15, 0.2) is 89.5 Å². The van der Waals surface area contributed by atoms with Gasteiger partial charge in [-0.25, -0.2) is 9.18 Å². The predicted molar refractivity (Wildman–Crippen MR) is 127 cm³/mol. The summed E-state index contributed by atoms with van der Waals surface area (Å²) in [7, 11) is 0. The van der Waals surface area contributed by atoms with Crippen LogP contribution in [0.4, 0.5) is 4.39 Å². The molecule has 0 fully saturated rings.